The second-order valence-electron chi connectivity index (χ2n) is 13.5. The summed E-state index contributed by atoms with van der Waals surface area (Å²) in [4.78, 5) is 63.0. The Labute approximate surface area is 332 Å². The molecule has 57 heavy (non-hydrogen) atoms. The lowest BCUT2D eigenvalue weighted by Gasteiger charge is -2.18. The Balaban J connectivity index is 1.03. The summed E-state index contributed by atoms with van der Waals surface area (Å²) in [7, 11) is 0. The van der Waals surface area contributed by atoms with Gasteiger partial charge < -0.3 is 33.2 Å². The molecule has 1 saturated heterocycles. The van der Waals surface area contributed by atoms with Crippen LogP contribution >= 0.6 is 0 Å². The summed E-state index contributed by atoms with van der Waals surface area (Å²) < 4.78 is 39.0. The van der Waals surface area contributed by atoms with Gasteiger partial charge in [0.05, 0.1) is 42.1 Å². The maximum absolute atomic E-state index is 12.9. The largest absolute Gasteiger partial charge is 0.494 e. The Morgan fingerprint density at radius 1 is 0.579 bits per heavy atom. The molecular weight excluding hydrogens is 732 g/mol. The van der Waals surface area contributed by atoms with Crippen LogP contribution in [-0.4, -0.2) is 68.3 Å². The van der Waals surface area contributed by atoms with Crippen LogP contribution in [0, 0.1) is 0 Å². The molecular formula is C45H48O12. The zero-order valence-electron chi connectivity index (χ0n) is 32.2. The van der Waals surface area contributed by atoms with E-state index in [-0.39, 0.29) is 35.7 Å². The number of aldehydes is 1. The lowest BCUT2D eigenvalue weighted by atomic mass is 10.1. The Morgan fingerprint density at radius 2 is 1.00 bits per heavy atom. The quantitative estimate of drug-likeness (QED) is 0.0346. The summed E-state index contributed by atoms with van der Waals surface area (Å²) in [6, 6.07) is 25.0. The number of unbranched alkanes of at least 4 members (excludes halogenated alkanes) is 5. The van der Waals surface area contributed by atoms with Crippen LogP contribution < -0.4 is 18.9 Å². The fourth-order valence-electron chi connectivity index (χ4n) is 5.83. The highest BCUT2D eigenvalue weighted by molar-refractivity contribution is 5.93. The second-order valence-corrected chi connectivity index (χ2v) is 13.5. The molecule has 12 nitrogen and oxygen atoms in total. The summed E-state index contributed by atoms with van der Waals surface area (Å²) in [5.74, 6) is -0.763. The van der Waals surface area contributed by atoms with Crippen molar-refractivity contribution in [3.8, 4) is 23.0 Å². The fourth-order valence-corrected chi connectivity index (χ4v) is 5.83. The number of hydrogen-bond acceptors (Lipinski definition) is 12. The third kappa shape index (κ3) is 13.0. The Hall–Kier alpha value is -6.01. The van der Waals surface area contributed by atoms with E-state index >= 15 is 0 Å². The van der Waals surface area contributed by atoms with Crippen LogP contribution in [0.5, 0.6) is 23.0 Å². The predicted octanol–water partition coefficient (Wildman–Crippen LogP) is 8.39. The van der Waals surface area contributed by atoms with Gasteiger partial charge in [-0.15, -0.1) is 0 Å². The van der Waals surface area contributed by atoms with Gasteiger partial charge in [-0.25, -0.2) is 19.2 Å². The summed E-state index contributed by atoms with van der Waals surface area (Å²) >= 11 is 0. The molecule has 1 fully saturated rings. The van der Waals surface area contributed by atoms with Crippen LogP contribution in [0.4, 0.5) is 0 Å². The van der Waals surface area contributed by atoms with Gasteiger partial charge >= 0.3 is 23.9 Å². The summed E-state index contributed by atoms with van der Waals surface area (Å²) in [5, 5.41) is 0. The van der Waals surface area contributed by atoms with Crippen molar-refractivity contribution in [3.63, 3.8) is 0 Å². The van der Waals surface area contributed by atoms with E-state index < -0.39 is 42.2 Å². The molecule has 1 aliphatic rings. The molecule has 1 heterocycles. The lowest BCUT2D eigenvalue weighted by molar-refractivity contribution is -0.121. The molecule has 0 N–H and O–H groups in total. The zero-order valence-corrected chi connectivity index (χ0v) is 32.2. The van der Waals surface area contributed by atoms with E-state index in [0.29, 0.717) is 42.1 Å². The molecule has 4 aromatic rings. The van der Waals surface area contributed by atoms with Gasteiger partial charge in [-0.3, -0.25) is 4.79 Å². The van der Waals surface area contributed by atoms with Crippen molar-refractivity contribution in [2.24, 2.45) is 0 Å². The fraction of sp³-hybridized carbons (Fsp3) is 0.356. The van der Waals surface area contributed by atoms with Crippen LogP contribution in [0.1, 0.15) is 107 Å². The molecule has 300 valence electrons. The number of hydrogen-bond donors (Lipinski definition) is 0. The molecule has 0 saturated carbocycles. The summed E-state index contributed by atoms with van der Waals surface area (Å²) in [6.45, 7) is 5.49. The molecule has 5 rings (SSSR count). The molecule has 3 atom stereocenters. The molecule has 4 aromatic carbocycles. The Bertz CT molecular complexity index is 1900. The Kier molecular flexibility index (Phi) is 16.2. The maximum Gasteiger partial charge on any atom is 0.343 e. The minimum absolute atomic E-state index is 0.00848. The average molecular weight is 781 g/mol. The van der Waals surface area contributed by atoms with Gasteiger partial charge in [-0.1, -0.05) is 46.0 Å². The number of carbonyl (C=O) groups is 5. The van der Waals surface area contributed by atoms with E-state index in [1.54, 1.807) is 48.5 Å². The molecule has 0 aromatic heterocycles. The summed E-state index contributed by atoms with van der Waals surface area (Å²) in [6.07, 6.45) is 5.33. The van der Waals surface area contributed by atoms with Gasteiger partial charge in [0, 0.05) is 6.42 Å². The van der Waals surface area contributed by atoms with Crippen molar-refractivity contribution in [1.29, 1.82) is 0 Å². The normalized spacial score (nSPS) is 15.2. The first-order chi connectivity index (χ1) is 27.8. The number of esters is 4. The van der Waals surface area contributed by atoms with E-state index in [1.165, 1.54) is 55.0 Å². The SMILES string of the molecule is CCCCCCOc1ccc(C(=O)Oc2ccc(C(=O)O[C@H]3CO[C@H](C(C=O)OC(=O)c4ccc(OC(=O)c5ccc(OCCCCC)cc5)cc4)C3)cc2)cc1. The number of ether oxygens (including phenoxy) is 7. The van der Waals surface area contributed by atoms with Crippen molar-refractivity contribution in [1.82, 2.24) is 0 Å². The first-order valence-corrected chi connectivity index (χ1v) is 19.3. The van der Waals surface area contributed by atoms with Gasteiger partial charge in [-0.05, 0) is 110 Å². The van der Waals surface area contributed by atoms with Gasteiger partial charge in [0.2, 0.25) is 0 Å². The van der Waals surface area contributed by atoms with Crippen LogP contribution in [0.3, 0.4) is 0 Å². The highest BCUT2D eigenvalue weighted by Gasteiger charge is 2.36. The van der Waals surface area contributed by atoms with Gasteiger partial charge in [0.15, 0.2) is 12.4 Å². The van der Waals surface area contributed by atoms with Crippen LogP contribution in [0.25, 0.3) is 0 Å². The van der Waals surface area contributed by atoms with Crippen molar-refractivity contribution >= 4 is 30.2 Å². The van der Waals surface area contributed by atoms with Crippen molar-refractivity contribution in [2.45, 2.75) is 83.5 Å². The maximum atomic E-state index is 12.9. The molecule has 0 radical (unpaired) electrons. The first-order valence-electron chi connectivity index (χ1n) is 19.3. The topological polar surface area (TPSA) is 150 Å². The highest BCUT2D eigenvalue weighted by Crippen LogP contribution is 2.24. The van der Waals surface area contributed by atoms with E-state index in [2.05, 4.69) is 13.8 Å². The molecule has 0 bridgehead atoms. The molecule has 12 heteroatoms. The van der Waals surface area contributed by atoms with Gasteiger partial charge in [-0.2, -0.15) is 0 Å². The van der Waals surface area contributed by atoms with Crippen molar-refractivity contribution < 1.29 is 57.1 Å². The zero-order chi connectivity index (χ0) is 40.4. The predicted molar refractivity (Wildman–Crippen MR) is 209 cm³/mol. The van der Waals surface area contributed by atoms with E-state index in [1.807, 2.05) is 0 Å². The van der Waals surface area contributed by atoms with Crippen LogP contribution in [0.15, 0.2) is 97.1 Å². The smallest absolute Gasteiger partial charge is 0.343 e. The highest BCUT2D eigenvalue weighted by atomic mass is 16.6. The number of rotatable bonds is 21. The monoisotopic (exact) mass is 780 g/mol. The van der Waals surface area contributed by atoms with E-state index in [0.717, 1.165) is 38.5 Å². The third-order valence-electron chi connectivity index (χ3n) is 9.07. The molecule has 0 aliphatic carbocycles. The summed E-state index contributed by atoms with van der Waals surface area (Å²) in [5.41, 5.74) is 1.02. The first kappa shape index (κ1) is 42.1. The van der Waals surface area contributed by atoms with Crippen molar-refractivity contribution in [2.75, 3.05) is 19.8 Å². The molecule has 0 amide bonds. The number of carbonyl (C=O) groups excluding carboxylic acids is 5. The van der Waals surface area contributed by atoms with Gasteiger partial charge in [0.25, 0.3) is 0 Å². The van der Waals surface area contributed by atoms with Crippen LogP contribution in [-0.2, 0) is 19.0 Å². The Morgan fingerprint density at radius 3 is 1.47 bits per heavy atom. The lowest BCUT2D eigenvalue weighted by Crippen LogP contribution is -2.33. The minimum atomic E-state index is -1.26. The van der Waals surface area contributed by atoms with E-state index in [4.69, 9.17) is 33.2 Å². The average Bonchev–Trinajstić information content (AvgIpc) is 3.70. The minimum Gasteiger partial charge on any atom is -0.494 e. The number of benzene rings is 4. The van der Waals surface area contributed by atoms with Crippen molar-refractivity contribution in [3.05, 3.63) is 119 Å². The van der Waals surface area contributed by atoms with E-state index in [9.17, 15) is 24.0 Å². The molecule has 1 aliphatic heterocycles. The second kappa shape index (κ2) is 21.9. The van der Waals surface area contributed by atoms with Crippen LogP contribution in [0.2, 0.25) is 0 Å². The van der Waals surface area contributed by atoms with Gasteiger partial charge in [0.1, 0.15) is 35.2 Å². The molecule has 1 unspecified atom stereocenters. The third-order valence-corrected chi connectivity index (χ3v) is 9.07. The standard InChI is InChI=1S/C45H48O12/c1-3-5-7-9-27-52-36-20-12-32(13-21-36)42(47)54-37-22-14-33(15-23-37)44(49)56-39-28-40(53-30-39)41(29-46)57-45(50)34-16-24-38(25-17-34)55-43(48)31-10-18-35(19-11-31)51-26-8-6-4-2/h10-25,29,39-41H,3-9,26-28,30H2,1-2H3/t39-,40+,41?/m1/s1. The molecule has 0 spiro atoms.